The van der Waals surface area contributed by atoms with E-state index >= 15 is 0 Å². The van der Waals surface area contributed by atoms with Gasteiger partial charge in [-0.05, 0) is 30.3 Å². The van der Waals surface area contributed by atoms with E-state index in [0.717, 1.165) is 12.1 Å². The lowest BCUT2D eigenvalue weighted by Crippen LogP contribution is -2.12. The highest BCUT2D eigenvalue weighted by Gasteiger charge is 2.15. The number of carbonyl (C=O) groups excluding carboxylic acids is 1. The standard InChI is InChI=1S/C13H9ClFN3O3/c14-9-3-2-8(6-10(9)15)17-13(19)7-1-4-12(18(20)21)11(16)5-7/h1-6H,16H2,(H,17,19). The molecule has 0 aromatic heterocycles. The highest BCUT2D eigenvalue weighted by Crippen LogP contribution is 2.23. The SMILES string of the molecule is Nc1cc(C(=O)Nc2ccc(Cl)c(F)c2)ccc1[N+](=O)[O-]. The lowest BCUT2D eigenvalue weighted by molar-refractivity contribution is -0.383. The van der Waals surface area contributed by atoms with Crippen LogP contribution < -0.4 is 11.1 Å². The Morgan fingerprint density at radius 1 is 1.29 bits per heavy atom. The van der Waals surface area contributed by atoms with Crippen molar-refractivity contribution in [1.29, 1.82) is 0 Å². The minimum atomic E-state index is -0.669. The summed E-state index contributed by atoms with van der Waals surface area (Å²) in [6, 6.07) is 7.37. The fraction of sp³-hybridized carbons (Fsp3) is 0. The van der Waals surface area contributed by atoms with E-state index in [1.54, 1.807) is 0 Å². The number of nitrogens with two attached hydrogens (primary N) is 1. The van der Waals surface area contributed by atoms with E-state index in [1.165, 1.54) is 24.3 Å². The molecule has 1 amide bonds. The molecule has 0 spiro atoms. The zero-order valence-electron chi connectivity index (χ0n) is 10.5. The summed E-state index contributed by atoms with van der Waals surface area (Å²) in [6.07, 6.45) is 0. The molecule has 0 aliphatic heterocycles. The molecule has 0 aliphatic carbocycles. The van der Waals surface area contributed by atoms with Gasteiger partial charge in [0, 0.05) is 17.3 Å². The first kappa shape index (κ1) is 14.7. The smallest absolute Gasteiger partial charge is 0.292 e. The largest absolute Gasteiger partial charge is 0.393 e. The van der Waals surface area contributed by atoms with Crippen LogP contribution in [0.15, 0.2) is 36.4 Å². The number of carbonyl (C=O) groups is 1. The fourth-order valence-corrected chi connectivity index (χ4v) is 1.76. The first-order chi connectivity index (χ1) is 9.88. The number of nitro benzene ring substituents is 1. The van der Waals surface area contributed by atoms with Crippen LogP contribution in [0.5, 0.6) is 0 Å². The molecular weight excluding hydrogens is 301 g/mol. The summed E-state index contributed by atoms with van der Waals surface area (Å²) in [5, 5.41) is 13.0. The minimum absolute atomic E-state index is 0.0624. The number of hydrogen-bond acceptors (Lipinski definition) is 4. The Labute approximate surface area is 123 Å². The predicted octanol–water partition coefficient (Wildman–Crippen LogP) is 3.22. The number of nitrogen functional groups attached to an aromatic ring is 1. The Morgan fingerprint density at radius 3 is 2.57 bits per heavy atom. The lowest BCUT2D eigenvalue weighted by atomic mass is 10.1. The molecule has 0 unspecified atom stereocenters. The first-order valence-electron chi connectivity index (χ1n) is 5.69. The molecule has 2 aromatic rings. The van der Waals surface area contributed by atoms with Crippen LogP contribution in [0.1, 0.15) is 10.4 Å². The highest BCUT2D eigenvalue weighted by molar-refractivity contribution is 6.30. The van der Waals surface area contributed by atoms with E-state index in [1.807, 2.05) is 0 Å². The van der Waals surface area contributed by atoms with Crippen molar-refractivity contribution in [3.05, 3.63) is 62.9 Å². The van der Waals surface area contributed by atoms with Gasteiger partial charge in [-0.2, -0.15) is 0 Å². The Hall–Kier alpha value is -2.67. The zero-order valence-corrected chi connectivity index (χ0v) is 11.2. The number of amides is 1. The summed E-state index contributed by atoms with van der Waals surface area (Å²) < 4.78 is 13.3. The van der Waals surface area contributed by atoms with Crippen molar-refractivity contribution >= 4 is 34.6 Å². The molecule has 0 bridgehead atoms. The van der Waals surface area contributed by atoms with E-state index < -0.39 is 16.6 Å². The molecule has 2 rings (SSSR count). The van der Waals surface area contributed by atoms with Crippen molar-refractivity contribution in [2.24, 2.45) is 0 Å². The third kappa shape index (κ3) is 3.26. The van der Waals surface area contributed by atoms with Gasteiger partial charge in [-0.25, -0.2) is 4.39 Å². The van der Waals surface area contributed by atoms with Crippen molar-refractivity contribution in [1.82, 2.24) is 0 Å². The third-order valence-electron chi connectivity index (χ3n) is 2.66. The second kappa shape index (κ2) is 5.76. The Kier molecular flexibility index (Phi) is 4.04. The summed E-state index contributed by atoms with van der Waals surface area (Å²) in [4.78, 5) is 21.9. The van der Waals surface area contributed by atoms with Gasteiger partial charge in [0.1, 0.15) is 11.5 Å². The van der Waals surface area contributed by atoms with Gasteiger partial charge in [-0.15, -0.1) is 0 Å². The van der Waals surface area contributed by atoms with Crippen molar-refractivity contribution in [2.75, 3.05) is 11.1 Å². The topological polar surface area (TPSA) is 98.3 Å². The van der Waals surface area contributed by atoms with E-state index in [2.05, 4.69) is 5.32 Å². The molecule has 0 aliphatic rings. The molecule has 0 heterocycles. The molecular formula is C13H9ClFN3O3. The Bertz CT molecular complexity index is 737. The van der Waals surface area contributed by atoms with Gasteiger partial charge in [0.25, 0.3) is 11.6 Å². The van der Waals surface area contributed by atoms with Crippen molar-refractivity contribution in [2.45, 2.75) is 0 Å². The number of anilines is 2. The molecule has 2 aromatic carbocycles. The lowest BCUT2D eigenvalue weighted by Gasteiger charge is -2.06. The van der Waals surface area contributed by atoms with E-state index in [9.17, 15) is 19.3 Å². The number of rotatable bonds is 3. The normalized spacial score (nSPS) is 10.2. The van der Waals surface area contributed by atoms with Gasteiger partial charge >= 0.3 is 0 Å². The number of nitrogens with zero attached hydrogens (tertiary/aromatic N) is 1. The molecule has 0 fully saturated rings. The van der Waals surface area contributed by atoms with E-state index in [-0.39, 0.29) is 27.6 Å². The molecule has 3 N–H and O–H groups in total. The maximum absolute atomic E-state index is 13.3. The van der Waals surface area contributed by atoms with Gasteiger partial charge in [-0.1, -0.05) is 11.6 Å². The quantitative estimate of drug-likeness (QED) is 0.516. The number of nitro groups is 1. The monoisotopic (exact) mass is 309 g/mol. The number of hydrogen-bond donors (Lipinski definition) is 2. The zero-order chi connectivity index (χ0) is 15.6. The Balaban J connectivity index is 2.22. The van der Waals surface area contributed by atoms with Crippen LogP contribution in [0.2, 0.25) is 5.02 Å². The van der Waals surface area contributed by atoms with Crippen molar-refractivity contribution in [3.63, 3.8) is 0 Å². The van der Waals surface area contributed by atoms with Gasteiger partial charge in [0.15, 0.2) is 0 Å². The number of benzene rings is 2. The third-order valence-corrected chi connectivity index (χ3v) is 2.97. The van der Waals surface area contributed by atoms with Crippen LogP contribution >= 0.6 is 11.6 Å². The Morgan fingerprint density at radius 2 is 2.00 bits per heavy atom. The second-order valence-corrected chi connectivity index (χ2v) is 4.52. The summed E-state index contributed by atoms with van der Waals surface area (Å²) >= 11 is 5.53. The van der Waals surface area contributed by atoms with Crippen LogP contribution in [-0.2, 0) is 0 Å². The highest BCUT2D eigenvalue weighted by atomic mass is 35.5. The minimum Gasteiger partial charge on any atom is -0.393 e. The molecule has 0 atom stereocenters. The average molecular weight is 310 g/mol. The number of nitrogens with one attached hydrogen (secondary N) is 1. The second-order valence-electron chi connectivity index (χ2n) is 4.11. The van der Waals surface area contributed by atoms with Gasteiger partial charge < -0.3 is 11.1 Å². The van der Waals surface area contributed by atoms with Gasteiger partial charge in [0.05, 0.1) is 9.95 Å². The van der Waals surface area contributed by atoms with Gasteiger partial charge in [0.2, 0.25) is 0 Å². The first-order valence-corrected chi connectivity index (χ1v) is 6.06. The predicted molar refractivity (Wildman–Crippen MR) is 76.9 cm³/mol. The molecule has 0 saturated heterocycles. The maximum Gasteiger partial charge on any atom is 0.292 e. The van der Waals surface area contributed by atoms with E-state index in [4.69, 9.17) is 17.3 Å². The van der Waals surface area contributed by atoms with Crippen molar-refractivity contribution < 1.29 is 14.1 Å². The summed E-state index contributed by atoms with van der Waals surface area (Å²) in [6.45, 7) is 0. The molecule has 0 radical (unpaired) electrons. The molecule has 108 valence electrons. The van der Waals surface area contributed by atoms with Crippen LogP contribution in [0, 0.1) is 15.9 Å². The molecule has 0 saturated carbocycles. The van der Waals surface area contributed by atoms with E-state index in [0.29, 0.717) is 0 Å². The maximum atomic E-state index is 13.3. The van der Waals surface area contributed by atoms with Crippen LogP contribution in [0.4, 0.5) is 21.5 Å². The van der Waals surface area contributed by atoms with Crippen LogP contribution in [0.25, 0.3) is 0 Å². The van der Waals surface area contributed by atoms with Crippen LogP contribution in [0.3, 0.4) is 0 Å². The number of halogens is 2. The van der Waals surface area contributed by atoms with Gasteiger partial charge in [-0.3, -0.25) is 14.9 Å². The molecule has 6 nitrogen and oxygen atoms in total. The average Bonchev–Trinajstić information content (AvgIpc) is 2.42. The molecule has 8 heteroatoms. The fourth-order valence-electron chi connectivity index (χ4n) is 1.64. The summed E-state index contributed by atoms with van der Waals surface area (Å²) in [5.41, 5.74) is 5.41. The molecule has 21 heavy (non-hydrogen) atoms. The van der Waals surface area contributed by atoms with Crippen LogP contribution in [-0.4, -0.2) is 10.8 Å². The summed E-state index contributed by atoms with van der Waals surface area (Å²) in [7, 11) is 0. The van der Waals surface area contributed by atoms with Crippen molar-refractivity contribution in [3.8, 4) is 0 Å². The summed E-state index contributed by atoms with van der Waals surface area (Å²) in [5.74, 6) is -1.24.